The van der Waals surface area contributed by atoms with Crippen LogP contribution in [0.4, 0.5) is 19.4 Å². The summed E-state index contributed by atoms with van der Waals surface area (Å²) >= 11 is 0. The number of likely N-dealkylation sites (N-methyl/N-ethyl adjacent to an activating group) is 1. The molecule has 2 heterocycles. The fourth-order valence-corrected chi connectivity index (χ4v) is 5.48. The molecule has 2 aromatic carbocycles. The second kappa shape index (κ2) is 11.1. The first kappa shape index (κ1) is 28.0. The predicted molar refractivity (Wildman–Crippen MR) is 146 cm³/mol. The van der Waals surface area contributed by atoms with Crippen LogP contribution in [-0.4, -0.2) is 71.4 Å². The van der Waals surface area contributed by atoms with Gasteiger partial charge in [0.1, 0.15) is 18.5 Å². The molecule has 1 saturated heterocycles. The molecule has 3 atom stereocenters. The molecule has 1 fully saturated rings. The minimum Gasteiger partial charge on any atom is -0.474 e. The van der Waals surface area contributed by atoms with Crippen molar-refractivity contribution in [2.24, 2.45) is 0 Å². The Morgan fingerprint density at radius 1 is 1.23 bits per heavy atom. The monoisotopic (exact) mass is 555 g/mol. The van der Waals surface area contributed by atoms with E-state index in [1.807, 2.05) is 51.2 Å². The third kappa shape index (κ3) is 5.67. The second-order valence-electron chi connectivity index (χ2n) is 11.2. The van der Waals surface area contributed by atoms with Crippen molar-refractivity contribution in [3.05, 3.63) is 70.8 Å². The minimum absolute atomic E-state index is 0.109. The van der Waals surface area contributed by atoms with Crippen LogP contribution >= 0.6 is 0 Å². The molecule has 0 unspecified atom stereocenters. The van der Waals surface area contributed by atoms with Gasteiger partial charge in [-0.15, -0.1) is 5.10 Å². The lowest BCUT2D eigenvalue weighted by atomic mass is 9.69. The van der Waals surface area contributed by atoms with Gasteiger partial charge >= 0.3 is 6.03 Å². The zero-order valence-electron chi connectivity index (χ0n) is 23.1. The Morgan fingerprint density at radius 3 is 2.67 bits per heavy atom. The lowest BCUT2D eigenvalue weighted by Gasteiger charge is -2.40. The lowest BCUT2D eigenvalue weighted by Crippen LogP contribution is -2.45. The number of aliphatic hydroxyl groups is 1. The first-order chi connectivity index (χ1) is 19.0. The molecule has 2 amide bonds. The van der Waals surface area contributed by atoms with Gasteiger partial charge in [-0.05, 0) is 61.2 Å². The summed E-state index contributed by atoms with van der Waals surface area (Å²) in [6.07, 6.45) is -0.860. The van der Waals surface area contributed by atoms with E-state index < -0.39 is 35.2 Å². The number of aliphatic hydroxyl groups excluding tert-OH is 1. The Labute approximate surface area is 232 Å². The van der Waals surface area contributed by atoms with E-state index in [9.17, 15) is 18.7 Å². The molecular formula is C29H35F2N5O4. The number of fused-ring (bicyclic) bond motifs is 1. The largest absolute Gasteiger partial charge is 0.474 e. The third-order valence-corrected chi connectivity index (χ3v) is 7.61. The van der Waals surface area contributed by atoms with E-state index in [4.69, 9.17) is 9.47 Å². The fraction of sp³-hybridized carbons (Fsp3) is 0.448. The zero-order valence-corrected chi connectivity index (χ0v) is 23.1. The number of ether oxygens (including phenoxy) is 2. The summed E-state index contributed by atoms with van der Waals surface area (Å²) < 4.78 is 41.8. The second-order valence-corrected chi connectivity index (χ2v) is 11.2. The van der Waals surface area contributed by atoms with Crippen LogP contribution in [0, 0.1) is 18.6 Å². The van der Waals surface area contributed by atoms with Crippen LogP contribution in [0.2, 0.25) is 0 Å². The number of rotatable bonds is 6. The van der Waals surface area contributed by atoms with Crippen molar-refractivity contribution in [3.63, 3.8) is 0 Å². The summed E-state index contributed by atoms with van der Waals surface area (Å²) in [5, 5.41) is 21.1. The van der Waals surface area contributed by atoms with Crippen molar-refractivity contribution < 1.29 is 28.2 Å². The predicted octanol–water partition coefficient (Wildman–Crippen LogP) is 4.07. The number of hydrogen-bond donors (Lipinski definition) is 3. The highest BCUT2D eigenvalue weighted by atomic mass is 19.2. The lowest BCUT2D eigenvalue weighted by molar-refractivity contribution is -0.0411. The molecule has 3 aromatic rings. The van der Waals surface area contributed by atoms with E-state index in [-0.39, 0.29) is 12.5 Å². The van der Waals surface area contributed by atoms with E-state index in [0.29, 0.717) is 47.3 Å². The number of nitrogens with one attached hydrogen (secondary N) is 2. The van der Waals surface area contributed by atoms with Crippen LogP contribution in [0.1, 0.15) is 43.0 Å². The highest BCUT2D eigenvalue weighted by molar-refractivity contribution is 5.90. The number of morpholine rings is 1. The number of carbonyl (C=O) groups excluding carboxylic acids is 1. The number of halogens is 2. The van der Waals surface area contributed by atoms with Gasteiger partial charge in [-0.3, -0.25) is 5.32 Å². The summed E-state index contributed by atoms with van der Waals surface area (Å²) in [5.41, 5.74) is 1.57. The molecule has 3 N–H and O–H groups in total. The Balaban J connectivity index is 1.40. The van der Waals surface area contributed by atoms with Gasteiger partial charge in [-0.25, -0.2) is 18.3 Å². The molecule has 0 bridgehead atoms. The summed E-state index contributed by atoms with van der Waals surface area (Å²) in [5.74, 6) is -1.29. The third-order valence-electron chi connectivity index (χ3n) is 7.61. The van der Waals surface area contributed by atoms with Crippen molar-refractivity contribution in [2.45, 2.75) is 50.9 Å². The van der Waals surface area contributed by atoms with Crippen LogP contribution in [0.5, 0.6) is 5.88 Å². The summed E-state index contributed by atoms with van der Waals surface area (Å²) in [6.45, 7) is 8.00. The SMILES string of the molecule is Cc1c(OC[C@H]2CN(C)CCO2)nn(-c2ccccc2)c1NC(=O)N[C@@H]1c2cc(F)c(F)cc2C(C)(C)C[C@H]1O. The molecule has 1 aliphatic carbocycles. The number of para-hydroxylation sites is 1. The summed E-state index contributed by atoms with van der Waals surface area (Å²) in [6, 6.07) is 9.90. The smallest absolute Gasteiger partial charge is 0.320 e. The molecule has 40 heavy (non-hydrogen) atoms. The summed E-state index contributed by atoms with van der Waals surface area (Å²) in [7, 11) is 2.03. The molecule has 2 aliphatic rings. The summed E-state index contributed by atoms with van der Waals surface area (Å²) in [4.78, 5) is 15.5. The standard InChI is InChI=1S/C29H35F2N5O4/c1-17-26(33-28(38)32-25-20-12-22(30)23(31)13-21(20)29(2,3)14-24(25)37)36(18-8-6-5-7-9-18)34-27(17)40-16-19-15-35(4)10-11-39-19/h5-9,12-13,19,24-25,37H,10-11,14-16H2,1-4H3,(H2,32,33,38)/t19-,24-,25-/m1/s1. The average molecular weight is 556 g/mol. The van der Waals surface area contributed by atoms with Crippen molar-refractivity contribution in [2.75, 3.05) is 38.7 Å². The minimum atomic E-state index is -1.04. The molecule has 1 aliphatic heterocycles. The highest BCUT2D eigenvalue weighted by Gasteiger charge is 2.40. The molecule has 214 valence electrons. The average Bonchev–Trinajstić information content (AvgIpc) is 3.21. The van der Waals surface area contributed by atoms with Crippen LogP contribution in [0.15, 0.2) is 42.5 Å². The van der Waals surface area contributed by atoms with Crippen LogP contribution in [0.25, 0.3) is 5.69 Å². The topological polar surface area (TPSA) is 101 Å². The number of urea groups is 1. The molecule has 11 heteroatoms. The molecule has 0 saturated carbocycles. The first-order valence-electron chi connectivity index (χ1n) is 13.4. The number of benzene rings is 2. The Hall–Kier alpha value is -3.54. The van der Waals surface area contributed by atoms with Gasteiger partial charge in [0.2, 0.25) is 5.88 Å². The number of amides is 2. The van der Waals surface area contributed by atoms with Crippen molar-refractivity contribution in [1.29, 1.82) is 0 Å². The normalized spacial score (nSPS) is 22.4. The number of hydrogen-bond acceptors (Lipinski definition) is 6. The van der Waals surface area contributed by atoms with Gasteiger partial charge in [0.05, 0.1) is 30.0 Å². The van der Waals surface area contributed by atoms with Crippen LogP contribution in [-0.2, 0) is 10.2 Å². The zero-order chi connectivity index (χ0) is 28.6. The van der Waals surface area contributed by atoms with Crippen molar-refractivity contribution >= 4 is 11.8 Å². The van der Waals surface area contributed by atoms with Gasteiger partial charge < -0.3 is 24.8 Å². The molecule has 5 rings (SSSR count). The van der Waals surface area contributed by atoms with Crippen LogP contribution < -0.4 is 15.4 Å². The molecule has 0 radical (unpaired) electrons. The van der Waals surface area contributed by atoms with Gasteiger partial charge in [-0.1, -0.05) is 32.0 Å². The van der Waals surface area contributed by atoms with E-state index in [1.54, 1.807) is 11.6 Å². The van der Waals surface area contributed by atoms with Gasteiger partial charge in [-0.2, -0.15) is 0 Å². The molecular weight excluding hydrogens is 520 g/mol. The van der Waals surface area contributed by atoms with Crippen molar-refractivity contribution in [1.82, 2.24) is 20.0 Å². The van der Waals surface area contributed by atoms with E-state index in [0.717, 1.165) is 25.2 Å². The maximum Gasteiger partial charge on any atom is 0.320 e. The molecule has 1 aromatic heterocycles. The molecule has 0 spiro atoms. The quantitative estimate of drug-likeness (QED) is 0.424. The van der Waals surface area contributed by atoms with Crippen molar-refractivity contribution in [3.8, 4) is 11.6 Å². The Morgan fingerprint density at radius 2 is 1.95 bits per heavy atom. The van der Waals surface area contributed by atoms with Gasteiger partial charge in [0.15, 0.2) is 11.6 Å². The van der Waals surface area contributed by atoms with Crippen LogP contribution in [0.3, 0.4) is 0 Å². The van der Waals surface area contributed by atoms with Gasteiger partial charge in [0, 0.05) is 13.1 Å². The van der Waals surface area contributed by atoms with E-state index in [2.05, 4.69) is 20.6 Å². The number of aromatic nitrogens is 2. The number of nitrogens with zero attached hydrogens (tertiary/aromatic N) is 3. The Kier molecular flexibility index (Phi) is 7.80. The maximum atomic E-state index is 14.2. The molecule has 9 nitrogen and oxygen atoms in total. The Bertz CT molecular complexity index is 1380. The van der Waals surface area contributed by atoms with E-state index >= 15 is 0 Å². The highest BCUT2D eigenvalue weighted by Crippen LogP contribution is 2.42. The number of anilines is 1. The first-order valence-corrected chi connectivity index (χ1v) is 13.4. The number of carbonyl (C=O) groups is 1. The maximum absolute atomic E-state index is 14.2. The fourth-order valence-electron chi connectivity index (χ4n) is 5.48. The van der Waals surface area contributed by atoms with E-state index in [1.165, 1.54) is 0 Å². The van der Waals surface area contributed by atoms with Gasteiger partial charge in [0.25, 0.3) is 0 Å².